The van der Waals surface area contributed by atoms with E-state index in [1.165, 1.54) is 0 Å². The van der Waals surface area contributed by atoms with Gasteiger partial charge in [0.15, 0.2) is 5.82 Å². The normalized spacial score (nSPS) is 10.7. The Kier molecular flexibility index (Phi) is 3.43. The molecule has 0 radical (unpaired) electrons. The summed E-state index contributed by atoms with van der Waals surface area (Å²) in [6.45, 7) is 2.32. The van der Waals surface area contributed by atoms with Gasteiger partial charge in [-0.25, -0.2) is 0 Å². The summed E-state index contributed by atoms with van der Waals surface area (Å²) in [5, 5.41) is 1.12. The zero-order valence-corrected chi connectivity index (χ0v) is 11.5. The number of aromatic nitrogens is 4. The average Bonchev–Trinajstić information content (AvgIpc) is 2.46. The van der Waals surface area contributed by atoms with Crippen molar-refractivity contribution in [2.45, 2.75) is 6.92 Å². The van der Waals surface area contributed by atoms with Crippen molar-refractivity contribution in [1.82, 2.24) is 19.9 Å². The number of nitrogens with zero attached hydrogens (tertiary/aromatic N) is 4. The van der Waals surface area contributed by atoms with Crippen LogP contribution in [-0.2, 0) is 0 Å². The number of benzene rings is 1. The second kappa shape index (κ2) is 5.38. The fourth-order valence-electron chi connectivity index (χ4n) is 1.93. The van der Waals surface area contributed by atoms with Crippen molar-refractivity contribution in [2.75, 3.05) is 6.61 Å². The molecule has 1 aromatic carbocycles. The molecule has 0 aliphatic heterocycles. The fraction of sp³-hybridized carbons (Fsp3) is 0.143. The maximum atomic E-state index is 5.92. The molecular formula is C14H11ClN4O. The van der Waals surface area contributed by atoms with Crippen molar-refractivity contribution in [3.63, 3.8) is 0 Å². The van der Waals surface area contributed by atoms with E-state index in [-0.39, 0.29) is 11.3 Å². The molecule has 2 heterocycles. The Hall–Kier alpha value is -2.27. The van der Waals surface area contributed by atoms with Crippen LogP contribution in [0.15, 0.2) is 36.5 Å². The SMILES string of the molecule is CCOc1nc(Cl)nc(-c2cccc3cccnc23)n1. The number of para-hydroxylation sites is 1. The molecule has 0 aliphatic rings. The van der Waals surface area contributed by atoms with Crippen molar-refractivity contribution >= 4 is 22.5 Å². The lowest BCUT2D eigenvalue weighted by Crippen LogP contribution is -2.01. The van der Waals surface area contributed by atoms with E-state index in [0.717, 1.165) is 16.5 Å². The summed E-state index contributed by atoms with van der Waals surface area (Å²) < 4.78 is 5.29. The molecule has 0 spiro atoms. The summed E-state index contributed by atoms with van der Waals surface area (Å²) in [6, 6.07) is 9.90. The number of hydrogen-bond acceptors (Lipinski definition) is 5. The maximum absolute atomic E-state index is 5.92. The van der Waals surface area contributed by atoms with Gasteiger partial charge in [0.25, 0.3) is 0 Å². The molecule has 0 fully saturated rings. The van der Waals surface area contributed by atoms with Crippen LogP contribution in [0.3, 0.4) is 0 Å². The Labute approximate surface area is 120 Å². The van der Waals surface area contributed by atoms with Crippen LogP contribution in [0, 0.1) is 0 Å². The predicted octanol–water partition coefficient (Wildman–Crippen LogP) is 3.14. The van der Waals surface area contributed by atoms with Crippen LogP contribution in [0.4, 0.5) is 0 Å². The molecule has 20 heavy (non-hydrogen) atoms. The molecule has 0 aliphatic carbocycles. The minimum atomic E-state index is 0.103. The summed E-state index contributed by atoms with van der Waals surface area (Å²) in [5.41, 5.74) is 1.62. The Morgan fingerprint density at radius 3 is 2.80 bits per heavy atom. The van der Waals surface area contributed by atoms with Gasteiger partial charge in [-0.1, -0.05) is 18.2 Å². The lowest BCUT2D eigenvalue weighted by molar-refractivity contribution is 0.312. The van der Waals surface area contributed by atoms with Gasteiger partial charge in [0.2, 0.25) is 5.28 Å². The summed E-state index contributed by atoms with van der Waals surface area (Å²) in [5.74, 6) is 0.456. The van der Waals surface area contributed by atoms with E-state index in [1.807, 2.05) is 37.3 Å². The molecule has 3 aromatic rings. The highest BCUT2D eigenvalue weighted by Crippen LogP contribution is 2.25. The van der Waals surface area contributed by atoms with Crippen molar-refractivity contribution in [1.29, 1.82) is 0 Å². The van der Waals surface area contributed by atoms with Crippen LogP contribution in [0.2, 0.25) is 5.28 Å². The predicted molar refractivity (Wildman–Crippen MR) is 76.7 cm³/mol. The lowest BCUT2D eigenvalue weighted by atomic mass is 10.1. The number of fused-ring (bicyclic) bond motifs is 1. The third kappa shape index (κ3) is 2.40. The highest BCUT2D eigenvalue weighted by molar-refractivity contribution is 6.28. The molecule has 0 saturated heterocycles. The molecule has 0 amide bonds. The molecule has 0 bridgehead atoms. The first-order valence-corrected chi connectivity index (χ1v) is 6.54. The molecule has 0 unspecified atom stereocenters. The number of rotatable bonds is 3. The summed E-state index contributed by atoms with van der Waals surface area (Å²) in [7, 11) is 0. The quantitative estimate of drug-likeness (QED) is 0.740. The van der Waals surface area contributed by atoms with E-state index in [4.69, 9.17) is 16.3 Å². The molecule has 0 atom stereocenters. The van der Waals surface area contributed by atoms with Crippen LogP contribution in [-0.4, -0.2) is 26.5 Å². The van der Waals surface area contributed by atoms with E-state index in [2.05, 4.69) is 19.9 Å². The summed E-state index contributed by atoms with van der Waals surface area (Å²) in [6.07, 6.45) is 1.73. The van der Waals surface area contributed by atoms with Crippen LogP contribution in [0.25, 0.3) is 22.3 Å². The molecule has 0 saturated carbocycles. The van der Waals surface area contributed by atoms with Gasteiger partial charge in [-0.2, -0.15) is 15.0 Å². The van der Waals surface area contributed by atoms with E-state index in [9.17, 15) is 0 Å². The molecule has 3 rings (SSSR count). The average molecular weight is 287 g/mol. The van der Waals surface area contributed by atoms with Gasteiger partial charge < -0.3 is 4.74 Å². The minimum Gasteiger partial charge on any atom is -0.464 e. The Morgan fingerprint density at radius 1 is 1.10 bits per heavy atom. The third-order valence-electron chi connectivity index (χ3n) is 2.73. The zero-order valence-electron chi connectivity index (χ0n) is 10.7. The standard InChI is InChI=1S/C14H11ClN4O/c1-2-20-14-18-12(17-13(15)19-14)10-7-3-5-9-6-4-8-16-11(9)10/h3-8H,2H2,1H3. The van der Waals surface area contributed by atoms with E-state index in [0.29, 0.717) is 12.4 Å². The Bertz CT molecular complexity index is 758. The lowest BCUT2D eigenvalue weighted by Gasteiger charge is -2.06. The van der Waals surface area contributed by atoms with Crippen molar-refractivity contribution < 1.29 is 4.74 Å². The van der Waals surface area contributed by atoms with E-state index >= 15 is 0 Å². The van der Waals surface area contributed by atoms with Gasteiger partial charge in [0, 0.05) is 17.1 Å². The van der Waals surface area contributed by atoms with Gasteiger partial charge in [-0.15, -0.1) is 0 Å². The third-order valence-corrected chi connectivity index (χ3v) is 2.90. The van der Waals surface area contributed by atoms with Crippen molar-refractivity contribution in [2.24, 2.45) is 0 Å². The van der Waals surface area contributed by atoms with Crippen LogP contribution in [0.1, 0.15) is 6.92 Å². The highest BCUT2D eigenvalue weighted by atomic mass is 35.5. The Morgan fingerprint density at radius 2 is 1.95 bits per heavy atom. The first-order chi connectivity index (χ1) is 9.78. The van der Waals surface area contributed by atoms with Crippen LogP contribution in [0.5, 0.6) is 6.01 Å². The van der Waals surface area contributed by atoms with Crippen LogP contribution < -0.4 is 4.74 Å². The molecular weight excluding hydrogens is 276 g/mol. The first-order valence-electron chi connectivity index (χ1n) is 6.16. The molecule has 0 N–H and O–H groups in total. The zero-order chi connectivity index (χ0) is 13.9. The van der Waals surface area contributed by atoms with E-state index in [1.54, 1.807) is 6.20 Å². The largest absolute Gasteiger partial charge is 0.464 e. The van der Waals surface area contributed by atoms with Gasteiger partial charge in [-0.3, -0.25) is 4.98 Å². The second-order valence-electron chi connectivity index (χ2n) is 4.02. The molecule has 6 heteroatoms. The van der Waals surface area contributed by atoms with Gasteiger partial charge in [0.05, 0.1) is 12.1 Å². The highest BCUT2D eigenvalue weighted by Gasteiger charge is 2.11. The Balaban J connectivity index is 2.20. The van der Waals surface area contributed by atoms with E-state index < -0.39 is 0 Å². The number of hydrogen-bond donors (Lipinski definition) is 0. The first kappa shape index (κ1) is 12.7. The number of ether oxygens (including phenoxy) is 1. The molecule has 5 nitrogen and oxygen atoms in total. The smallest absolute Gasteiger partial charge is 0.321 e. The summed E-state index contributed by atoms with van der Waals surface area (Å²) >= 11 is 5.92. The van der Waals surface area contributed by atoms with Crippen molar-refractivity contribution in [3.05, 3.63) is 41.8 Å². The second-order valence-corrected chi connectivity index (χ2v) is 4.36. The van der Waals surface area contributed by atoms with Crippen molar-refractivity contribution in [3.8, 4) is 17.4 Å². The summed E-state index contributed by atoms with van der Waals surface area (Å²) in [4.78, 5) is 16.7. The number of halogens is 1. The fourth-order valence-corrected chi connectivity index (χ4v) is 2.08. The van der Waals surface area contributed by atoms with Gasteiger partial charge in [-0.05, 0) is 30.7 Å². The van der Waals surface area contributed by atoms with Gasteiger partial charge >= 0.3 is 6.01 Å². The van der Waals surface area contributed by atoms with Crippen LogP contribution >= 0.6 is 11.6 Å². The monoisotopic (exact) mass is 286 g/mol. The van der Waals surface area contributed by atoms with Gasteiger partial charge in [0.1, 0.15) is 0 Å². The molecule has 100 valence electrons. The minimum absolute atomic E-state index is 0.103. The topological polar surface area (TPSA) is 60.8 Å². The number of pyridine rings is 1. The molecule has 2 aromatic heterocycles. The maximum Gasteiger partial charge on any atom is 0.321 e.